The summed E-state index contributed by atoms with van der Waals surface area (Å²) in [6.45, 7) is 6.66. The van der Waals surface area contributed by atoms with Gasteiger partial charge < -0.3 is 5.32 Å². The third-order valence-corrected chi connectivity index (χ3v) is 3.76. The molecular weight excluding hydrogens is 246 g/mol. The number of nitrogens with one attached hydrogen (secondary N) is 1. The van der Waals surface area contributed by atoms with Gasteiger partial charge in [0.2, 0.25) is 0 Å². The highest BCUT2D eigenvalue weighted by atomic mass is 79.9. The Morgan fingerprint density at radius 2 is 2.31 bits per heavy atom. The predicted octanol–water partition coefficient (Wildman–Crippen LogP) is 3.30. The van der Waals surface area contributed by atoms with Crippen LogP contribution in [-0.2, 0) is 6.42 Å². The lowest BCUT2D eigenvalue weighted by Gasteiger charge is -2.06. The minimum absolute atomic E-state index is 0.742. The molecular formula is C10H16BrNS. The topological polar surface area (TPSA) is 12.0 Å². The second-order valence-electron chi connectivity index (χ2n) is 3.54. The van der Waals surface area contributed by atoms with Crippen LogP contribution in [0, 0.1) is 5.92 Å². The van der Waals surface area contributed by atoms with Crippen LogP contribution in [-0.4, -0.2) is 13.1 Å². The molecule has 1 nitrogen and oxygen atoms in total. The van der Waals surface area contributed by atoms with Gasteiger partial charge in [-0.25, -0.2) is 0 Å². The van der Waals surface area contributed by atoms with Crippen LogP contribution in [0.15, 0.2) is 15.9 Å². The molecule has 0 spiro atoms. The van der Waals surface area contributed by atoms with Gasteiger partial charge in [0.05, 0.1) is 0 Å². The fraction of sp³-hybridized carbons (Fsp3) is 0.600. The van der Waals surface area contributed by atoms with Crippen LogP contribution in [0.1, 0.15) is 18.7 Å². The van der Waals surface area contributed by atoms with E-state index < -0.39 is 0 Å². The first-order valence-electron chi connectivity index (χ1n) is 4.62. The van der Waals surface area contributed by atoms with Gasteiger partial charge in [0.15, 0.2) is 0 Å². The summed E-state index contributed by atoms with van der Waals surface area (Å²) in [5, 5.41) is 5.56. The molecule has 0 saturated carbocycles. The first-order valence-corrected chi connectivity index (χ1v) is 6.30. The average Bonchev–Trinajstić information content (AvgIpc) is 2.45. The molecule has 1 aromatic rings. The van der Waals surface area contributed by atoms with Crippen molar-refractivity contribution in [2.24, 2.45) is 5.92 Å². The van der Waals surface area contributed by atoms with Gasteiger partial charge in [0.1, 0.15) is 0 Å². The Kier molecular flexibility index (Phi) is 4.99. The van der Waals surface area contributed by atoms with Crippen molar-refractivity contribution in [1.29, 1.82) is 0 Å². The molecule has 0 aliphatic heterocycles. The molecule has 0 atom stereocenters. The maximum absolute atomic E-state index is 3.53. The molecule has 0 aliphatic carbocycles. The zero-order valence-electron chi connectivity index (χ0n) is 8.14. The third-order valence-electron chi connectivity index (χ3n) is 1.77. The molecule has 1 rings (SSSR count). The summed E-state index contributed by atoms with van der Waals surface area (Å²) in [5.74, 6) is 0.742. The number of hydrogen-bond acceptors (Lipinski definition) is 2. The Bertz CT molecular complexity index is 245. The molecule has 74 valence electrons. The number of hydrogen-bond donors (Lipinski definition) is 1. The Labute approximate surface area is 92.7 Å². The lowest BCUT2D eigenvalue weighted by atomic mass is 10.2. The van der Waals surface area contributed by atoms with E-state index >= 15 is 0 Å². The van der Waals surface area contributed by atoms with E-state index in [4.69, 9.17) is 0 Å². The first kappa shape index (κ1) is 11.2. The van der Waals surface area contributed by atoms with E-state index in [0.29, 0.717) is 0 Å². The molecule has 0 saturated heterocycles. The van der Waals surface area contributed by atoms with Crippen molar-refractivity contribution in [2.75, 3.05) is 13.1 Å². The molecule has 0 radical (unpaired) electrons. The second kappa shape index (κ2) is 5.78. The quantitative estimate of drug-likeness (QED) is 0.803. The predicted molar refractivity (Wildman–Crippen MR) is 63.4 cm³/mol. The Hall–Kier alpha value is 0.140. The zero-order valence-corrected chi connectivity index (χ0v) is 10.5. The van der Waals surface area contributed by atoms with Crippen molar-refractivity contribution in [2.45, 2.75) is 20.3 Å². The molecule has 1 heterocycles. The average molecular weight is 262 g/mol. The van der Waals surface area contributed by atoms with E-state index in [0.717, 1.165) is 25.4 Å². The van der Waals surface area contributed by atoms with Crippen LogP contribution in [0.3, 0.4) is 0 Å². The Morgan fingerprint density at radius 1 is 1.54 bits per heavy atom. The second-order valence-corrected chi connectivity index (χ2v) is 5.39. The fourth-order valence-corrected chi connectivity index (χ4v) is 2.65. The van der Waals surface area contributed by atoms with Crippen molar-refractivity contribution < 1.29 is 0 Å². The van der Waals surface area contributed by atoms with Gasteiger partial charge in [-0.05, 0) is 46.3 Å². The smallest absolute Gasteiger partial charge is 0.0314 e. The summed E-state index contributed by atoms with van der Waals surface area (Å²) in [4.78, 5) is 1.44. The van der Waals surface area contributed by atoms with E-state index in [1.54, 1.807) is 0 Å². The summed E-state index contributed by atoms with van der Waals surface area (Å²) in [6.07, 6.45) is 1.13. The lowest BCUT2D eigenvalue weighted by molar-refractivity contribution is 0.555. The van der Waals surface area contributed by atoms with Crippen LogP contribution >= 0.6 is 27.3 Å². The SMILES string of the molecule is CC(C)CNCCc1sccc1Br. The molecule has 0 aliphatic rings. The van der Waals surface area contributed by atoms with E-state index in [1.165, 1.54) is 9.35 Å². The number of thiophene rings is 1. The number of halogens is 1. The molecule has 1 N–H and O–H groups in total. The molecule has 0 unspecified atom stereocenters. The van der Waals surface area contributed by atoms with E-state index in [-0.39, 0.29) is 0 Å². The van der Waals surface area contributed by atoms with Gasteiger partial charge in [-0.15, -0.1) is 11.3 Å². The third kappa shape index (κ3) is 4.25. The summed E-state index contributed by atoms with van der Waals surface area (Å²) >= 11 is 5.35. The monoisotopic (exact) mass is 261 g/mol. The van der Waals surface area contributed by atoms with Crippen molar-refractivity contribution in [1.82, 2.24) is 5.32 Å². The van der Waals surface area contributed by atoms with Gasteiger partial charge in [0, 0.05) is 15.9 Å². The normalized spacial score (nSPS) is 11.1. The van der Waals surface area contributed by atoms with Crippen molar-refractivity contribution in [3.8, 4) is 0 Å². The lowest BCUT2D eigenvalue weighted by Crippen LogP contribution is -2.21. The summed E-state index contributed by atoms with van der Waals surface area (Å²) in [5.41, 5.74) is 0. The highest BCUT2D eigenvalue weighted by Crippen LogP contribution is 2.22. The van der Waals surface area contributed by atoms with Crippen molar-refractivity contribution >= 4 is 27.3 Å². The van der Waals surface area contributed by atoms with Gasteiger partial charge in [-0.1, -0.05) is 13.8 Å². The van der Waals surface area contributed by atoms with E-state index in [9.17, 15) is 0 Å². The fourth-order valence-electron chi connectivity index (χ4n) is 1.10. The van der Waals surface area contributed by atoms with Crippen LogP contribution in [0.25, 0.3) is 0 Å². The molecule has 0 bridgehead atoms. The van der Waals surface area contributed by atoms with Crippen molar-refractivity contribution in [3.05, 3.63) is 20.8 Å². The van der Waals surface area contributed by atoms with Gasteiger partial charge >= 0.3 is 0 Å². The Balaban J connectivity index is 2.17. The van der Waals surface area contributed by atoms with Crippen LogP contribution < -0.4 is 5.32 Å². The maximum atomic E-state index is 3.53. The highest BCUT2D eigenvalue weighted by Gasteiger charge is 2.00. The zero-order chi connectivity index (χ0) is 9.68. The largest absolute Gasteiger partial charge is 0.316 e. The Morgan fingerprint density at radius 3 is 2.85 bits per heavy atom. The van der Waals surface area contributed by atoms with E-state index in [1.807, 2.05) is 11.3 Å². The molecule has 13 heavy (non-hydrogen) atoms. The minimum atomic E-state index is 0.742. The van der Waals surface area contributed by atoms with Crippen molar-refractivity contribution in [3.63, 3.8) is 0 Å². The van der Waals surface area contributed by atoms with Gasteiger partial charge in [0.25, 0.3) is 0 Å². The molecule has 0 aromatic carbocycles. The minimum Gasteiger partial charge on any atom is -0.316 e. The standard InChI is InChI=1S/C10H16BrNS/c1-8(2)7-12-5-3-10-9(11)4-6-13-10/h4,6,8,12H,3,5,7H2,1-2H3. The van der Waals surface area contributed by atoms with Crippen LogP contribution in [0.4, 0.5) is 0 Å². The molecule has 0 amide bonds. The van der Waals surface area contributed by atoms with Gasteiger partial charge in [-0.2, -0.15) is 0 Å². The highest BCUT2D eigenvalue weighted by molar-refractivity contribution is 9.10. The molecule has 0 fully saturated rings. The van der Waals surface area contributed by atoms with E-state index in [2.05, 4.69) is 46.5 Å². The van der Waals surface area contributed by atoms with Gasteiger partial charge in [-0.3, -0.25) is 0 Å². The molecule has 1 aromatic heterocycles. The summed E-state index contributed by atoms with van der Waals surface area (Å²) < 4.78 is 1.25. The van der Waals surface area contributed by atoms with Crippen LogP contribution in [0.2, 0.25) is 0 Å². The number of rotatable bonds is 5. The summed E-state index contributed by atoms with van der Waals surface area (Å²) in [6, 6.07) is 2.11. The molecule has 3 heteroatoms. The maximum Gasteiger partial charge on any atom is 0.0314 e. The summed E-state index contributed by atoms with van der Waals surface area (Å²) in [7, 11) is 0. The van der Waals surface area contributed by atoms with Crippen LogP contribution in [0.5, 0.6) is 0 Å². The first-order chi connectivity index (χ1) is 6.20.